The molecule has 1 aliphatic rings. The molecule has 3 nitrogen and oxygen atoms in total. The highest BCUT2D eigenvalue weighted by molar-refractivity contribution is 6.31. The molecule has 20 heavy (non-hydrogen) atoms. The Morgan fingerprint density at radius 3 is 2.95 bits per heavy atom. The third-order valence-corrected chi connectivity index (χ3v) is 4.18. The molecule has 2 atom stereocenters. The smallest absolute Gasteiger partial charge is 0.213 e. The molecule has 0 amide bonds. The summed E-state index contributed by atoms with van der Waals surface area (Å²) in [6, 6.07) is 1.94. The fraction of sp³-hybridized carbons (Fsp3) is 0.562. The van der Waals surface area contributed by atoms with Gasteiger partial charge in [0.1, 0.15) is 0 Å². The van der Waals surface area contributed by atoms with Gasteiger partial charge in [-0.25, -0.2) is 4.98 Å². The summed E-state index contributed by atoms with van der Waals surface area (Å²) in [5.74, 6) is 1.92. The van der Waals surface area contributed by atoms with E-state index in [0.717, 1.165) is 38.1 Å². The number of hydrogen-bond donors (Lipinski definition) is 1. The molecule has 1 N–H and O–H groups in total. The monoisotopic (exact) mass is 294 g/mol. The summed E-state index contributed by atoms with van der Waals surface area (Å²) in [6.45, 7) is 6.74. The minimum atomic E-state index is 0.578. The zero-order chi connectivity index (χ0) is 14.4. The van der Waals surface area contributed by atoms with Gasteiger partial charge in [0, 0.05) is 18.8 Å². The Kier molecular flexibility index (Phi) is 5.86. The van der Waals surface area contributed by atoms with E-state index >= 15 is 0 Å². The first-order chi connectivity index (χ1) is 9.70. The van der Waals surface area contributed by atoms with E-state index in [1.807, 2.05) is 6.07 Å². The highest BCUT2D eigenvalue weighted by Gasteiger charge is 2.19. The standard InChI is InChI=1S/C16H23ClN2O/c1-3-18-9-14-8-16(19-10-15(14)17)20-11-13-7-5-4-6-12(13)2/h4-5,8,10,12-13,18H,3,6-7,9,11H2,1-2H3. The number of aromatic nitrogens is 1. The van der Waals surface area contributed by atoms with Crippen LogP contribution in [-0.4, -0.2) is 18.1 Å². The molecule has 0 radical (unpaired) electrons. The van der Waals surface area contributed by atoms with E-state index in [0.29, 0.717) is 22.7 Å². The lowest BCUT2D eigenvalue weighted by Crippen LogP contribution is -2.21. The summed E-state index contributed by atoms with van der Waals surface area (Å²) in [4.78, 5) is 4.26. The average Bonchev–Trinajstić information content (AvgIpc) is 2.46. The normalized spacial score (nSPS) is 21.9. The van der Waals surface area contributed by atoms with Crippen LogP contribution in [0.5, 0.6) is 5.88 Å². The molecule has 110 valence electrons. The molecule has 0 saturated heterocycles. The number of ether oxygens (including phenoxy) is 1. The predicted octanol–water partition coefficient (Wildman–Crippen LogP) is 3.83. The lowest BCUT2D eigenvalue weighted by Gasteiger charge is -2.25. The summed E-state index contributed by atoms with van der Waals surface area (Å²) in [6.07, 6.45) is 8.43. The molecular weight excluding hydrogens is 272 g/mol. The number of nitrogens with zero attached hydrogens (tertiary/aromatic N) is 1. The summed E-state index contributed by atoms with van der Waals surface area (Å²) in [5, 5.41) is 3.96. The second-order valence-electron chi connectivity index (χ2n) is 5.39. The van der Waals surface area contributed by atoms with Crippen LogP contribution in [-0.2, 0) is 6.54 Å². The first-order valence-corrected chi connectivity index (χ1v) is 7.71. The number of nitrogens with one attached hydrogen (secondary N) is 1. The predicted molar refractivity (Wildman–Crippen MR) is 83.2 cm³/mol. The van der Waals surface area contributed by atoms with Gasteiger partial charge in [-0.15, -0.1) is 0 Å². The van der Waals surface area contributed by atoms with Crippen LogP contribution in [0.3, 0.4) is 0 Å². The maximum atomic E-state index is 6.14. The van der Waals surface area contributed by atoms with Crippen molar-refractivity contribution in [3.05, 3.63) is 35.0 Å². The fourth-order valence-corrected chi connectivity index (χ4v) is 2.53. The Bertz CT molecular complexity index is 462. The molecule has 0 aliphatic heterocycles. The molecule has 4 heteroatoms. The second kappa shape index (κ2) is 7.65. The van der Waals surface area contributed by atoms with Crippen LogP contribution in [0.2, 0.25) is 5.02 Å². The van der Waals surface area contributed by atoms with Crippen molar-refractivity contribution >= 4 is 11.6 Å². The van der Waals surface area contributed by atoms with Crippen molar-refractivity contribution in [1.82, 2.24) is 10.3 Å². The Hall–Kier alpha value is -1.06. The van der Waals surface area contributed by atoms with Crippen molar-refractivity contribution in [2.24, 2.45) is 11.8 Å². The van der Waals surface area contributed by atoms with Crippen LogP contribution in [0.4, 0.5) is 0 Å². The van der Waals surface area contributed by atoms with Crippen molar-refractivity contribution in [1.29, 1.82) is 0 Å². The van der Waals surface area contributed by atoms with Crippen molar-refractivity contribution in [2.45, 2.75) is 33.2 Å². The topological polar surface area (TPSA) is 34.1 Å². The van der Waals surface area contributed by atoms with E-state index in [-0.39, 0.29) is 0 Å². The molecule has 1 aromatic heterocycles. The van der Waals surface area contributed by atoms with E-state index in [4.69, 9.17) is 16.3 Å². The Balaban J connectivity index is 1.93. The van der Waals surface area contributed by atoms with Gasteiger partial charge in [-0.1, -0.05) is 37.6 Å². The highest BCUT2D eigenvalue weighted by Crippen LogP contribution is 2.26. The molecule has 1 aliphatic carbocycles. The fourth-order valence-electron chi connectivity index (χ4n) is 2.36. The maximum Gasteiger partial charge on any atom is 0.213 e. The number of rotatable bonds is 6. The first kappa shape index (κ1) is 15.3. The molecule has 0 spiro atoms. The molecule has 0 aromatic carbocycles. The first-order valence-electron chi connectivity index (χ1n) is 7.33. The Labute approximate surface area is 126 Å². The number of hydrogen-bond acceptors (Lipinski definition) is 3. The van der Waals surface area contributed by atoms with Crippen LogP contribution >= 0.6 is 11.6 Å². The molecule has 2 rings (SSSR count). The zero-order valence-electron chi connectivity index (χ0n) is 12.2. The third kappa shape index (κ3) is 4.22. The van der Waals surface area contributed by atoms with E-state index < -0.39 is 0 Å². The van der Waals surface area contributed by atoms with Gasteiger partial charge in [-0.2, -0.15) is 0 Å². The summed E-state index contributed by atoms with van der Waals surface area (Å²) in [7, 11) is 0. The minimum absolute atomic E-state index is 0.578. The largest absolute Gasteiger partial charge is 0.477 e. The maximum absolute atomic E-state index is 6.14. The van der Waals surface area contributed by atoms with Crippen LogP contribution < -0.4 is 10.1 Å². The highest BCUT2D eigenvalue weighted by atomic mass is 35.5. The van der Waals surface area contributed by atoms with Crippen molar-refractivity contribution in [3.8, 4) is 5.88 Å². The minimum Gasteiger partial charge on any atom is -0.477 e. The molecule has 0 fully saturated rings. The molecule has 0 saturated carbocycles. The van der Waals surface area contributed by atoms with Gasteiger partial charge < -0.3 is 10.1 Å². The average molecular weight is 295 g/mol. The molecule has 1 heterocycles. The van der Waals surface area contributed by atoms with Gasteiger partial charge in [0.05, 0.1) is 11.6 Å². The third-order valence-electron chi connectivity index (χ3n) is 3.84. The Morgan fingerprint density at radius 2 is 2.20 bits per heavy atom. The molecule has 0 bridgehead atoms. The zero-order valence-corrected chi connectivity index (χ0v) is 13.0. The van der Waals surface area contributed by atoms with E-state index in [1.165, 1.54) is 0 Å². The van der Waals surface area contributed by atoms with Gasteiger partial charge in [0.25, 0.3) is 0 Å². The lowest BCUT2D eigenvalue weighted by molar-refractivity contribution is 0.192. The van der Waals surface area contributed by atoms with Gasteiger partial charge in [-0.3, -0.25) is 0 Å². The van der Waals surface area contributed by atoms with Crippen LogP contribution in [0, 0.1) is 11.8 Å². The Morgan fingerprint density at radius 1 is 1.40 bits per heavy atom. The van der Waals surface area contributed by atoms with Crippen LogP contribution in [0.25, 0.3) is 0 Å². The van der Waals surface area contributed by atoms with E-state index in [2.05, 4.69) is 36.3 Å². The van der Waals surface area contributed by atoms with Gasteiger partial charge in [0.15, 0.2) is 0 Å². The number of allylic oxidation sites excluding steroid dienone is 2. The quantitative estimate of drug-likeness (QED) is 0.810. The van der Waals surface area contributed by atoms with Crippen LogP contribution in [0.1, 0.15) is 32.3 Å². The molecular formula is C16H23ClN2O. The summed E-state index contributed by atoms with van der Waals surface area (Å²) < 4.78 is 5.86. The number of halogens is 1. The van der Waals surface area contributed by atoms with E-state index in [1.54, 1.807) is 6.20 Å². The summed E-state index contributed by atoms with van der Waals surface area (Å²) >= 11 is 6.14. The number of pyridine rings is 1. The molecule has 2 unspecified atom stereocenters. The summed E-state index contributed by atoms with van der Waals surface area (Å²) in [5.41, 5.74) is 1.04. The van der Waals surface area contributed by atoms with Crippen LogP contribution in [0.15, 0.2) is 24.4 Å². The van der Waals surface area contributed by atoms with Gasteiger partial charge >= 0.3 is 0 Å². The van der Waals surface area contributed by atoms with Gasteiger partial charge in [0.2, 0.25) is 5.88 Å². The SMILES string of the molecule is CCNCc1cc(OCC2CC=CCC2C)ncc1Cl. The van der Waals surface area contributed by atoms with Crippen molar-refractivity contribution < 1.29 is 4.74 Å². The lowest BCUT2D eigenvalue weighted by atomic mass is 9.85. The van der Waals surface area contributed by atoms with Crippen molar-refractivity contribution in [2.75, 3.05) is 13.2 Å². The van der Waals surface area contributed by atoms with Gasteiger partial charge in [-0.05, 0) is 36.8 Å². The van der Waals surface area contributed by atoms with Crippen molar-refractivity contribution in [3.63, 3.8) is 0 Å². The molecule has 1 aromatic rings. The second-order valence-corrected chi connectivity index (χ2v) is 5.79. The van der Waals surface area contributed by atoms with E-state index in [9.17, 15) is 0 Å².